The lowest BCUT2D eigenvalue weighted by Crippen LogP contribution is -2.52. The van der Waals surface area contributed by atoms with Gasteiger partial charge in [0, 0.05) is 55.2 Å². The summed E-state index contributed by atoms with van der Waals surface area (Å²) in [4.78, 5) is 18.3. The number of nitrogens with one attached hydrogen (secondary N) is 2. The number of carbonyl (C=O) groups is 1. The molecule has 0 aliphatic carbocycles. The van der Waals surface area contributed by atoms with E-state index in [1.807, 2.05) is 28.9 Å². The summed E-state index contributed by atoms with van der Waals surface area (Å²) in [7, 11) is -3.15. The SMILES string of the molecule is CCS(=O)(=O)N[C@@H]1CCN(CCN2[C@@H]3CC[C@H]2C[C@H](NC(=O)c2nn(C(C)C)c4ccccc24)C3)C1. The Hall–Kier alpha value is -2.01. The van der Waals surface area contributed by atoms with Crippen LogP contribution >= 0.6 is 0 Å². The quantitative estimate of drug-likeness (QED) is 0.531. The van der Waals surface area contributed by atoms with Gasteiger partial charge < -0.3 is 10.2 Å². The van der Waals surface area contributed by atoms with Crippen LogP contribution in [0.15, 0.2) is 24.3 Å². The van der Waals surface area contributed by atoms with Crippen molar-refractivity contribution in [2.45, 2.75) is 83.1 Å². The zero-order valence-electron chi connectivity index (χ0n) is 21.7. The fourth-order valence-electron chi connectivity index (χ4n) is 6.39. The minimum absolute atomic E-state index is 0.0304. The summed E-state index contributed by atoms with van der Waals surface area (Å²) >= 11 is 0. The second-order valence-electron chi connectivity index (χ2n) is 11.0. The Morgan fingerprint density at radius 1 is 1.08 bits per heavy atom. The first-order chi connectivity index (χ1) is 17.2. The summed E-state index contributed by atoms with van der Waals surface area (Å²) < 4.78 is 28.5. The van der Waals surface area contributed by atoms with Crippen molar-refractivity contribution in [3.8, 4) is 0 Å². The zero-order valence-corrected chi connectivity index (χ0v) is 22.5. The molecular weight excluding hydrogens is 476 g/mol. The van der Waals surface area contributed by atoms with Crippen LogP contribution in [0.3, 0.4) is 0 Å². The highest BCUT2D eigenvalue weighted by molar-refractivity contribution is 7.89. The van der Waals surface area contributed by atoms with Crippen LogP contribution < -0.4 is 10.0 Å². The van der Waals surface area contributed by atoms with Gasteiger partial charge in [0.15, 0.2) is 5.69 Å². The molecule has 2 N–H and O–H groups in total. The van der Waals surface area contributed by atoms with Crippen LogP contribution in [0.4, 0.5) is 0 Å². The van der Waals surface area contributed by atoms with Gasteiger partial charge in [-0.05, 0) is 65.5 Å². The summed E-state index contributed by atoms with van der Waals surface area (Å²) in [5.74, 6) is 0.0647. The lowest BCUT2D eigenvalue weighted by atomic mass is 9.97. The second kappa shape index (κ2) is 10.4. The molecule has 0 unspecified atom stereocenters. The molecule has 2 aromatic rings. The first-order valence-electron chi connectivity index (χ1n) is 13.5. The van der Waals surface area contributed by atoms with Gasteiger partial charge in [0.2, 0.25) is 10.0 Å². The van der Waals surface area contributed by atoms with Crippen molar-refractivity contribution in [3.63, 3.8) is 0 Å². The van der Waals surface area contributed by atoms with Crippen molar-refractivity contribution in [2.24, 2.45) is 0 Å². The first-order valence-corrected chi connectivity index (χ1v) is 15.2. The third kappa shape index (κ3) is 5.32. The normalized spacial score (nSPS) is 27.3. The standard InChI is InChI=1S/C26H40N6O3S/c1-4-36(34,35)29-19-11-12-30(17-19)13-14-31-21-9-10-22(31)16-20(15-21)27-26(33)25-23-7-5-6-8-24(23)32(28-25)18(2)3/h5-8,18-22,29H,4,9-17H2,1-3H3,(H,27,33)/t19-,20-,21-,22+/m1/s1. The summed E-state index contributed by atoms with van der Waals surface area (Å²) in [5, 5.41) is 8.90. The maximum Gasteiger partial charge on any atom is 0.272 e. The molecule has 198 valence electrons. The Bertz CT molecular complexity index is 1180. The Morgan fingerprint density at radius 3 is 2.50 bits per heavy atom. The van der Waals surface area contributed by atoms with Gasteiger partial charge in [-0.3, -0.25) is 14.4 Å². The predicted octanol–water partition coefficient (Wildman–Crippen LogP) is 2.36. The van der Waals surface area contributed by atoms with Gasteiger partial charge in [-0.1, -0.05) is 18.2 Å². The molecule has 9 nitrogen and oxygen atoms in total. The van der Waals surface area contributed by atoms with E-state index in [0.29, 0.717) is 17.8 Å². The van der Waals surface area contributed by atoms with Gasteiger partial charge in [-0.2, -0.15) is 5.10 Å². The van der Waals surface area contributed by atoms with Crippen LogP contribution in [0.25, 0.3) is 10.9 Å². The molecule has 1 aromatic heterocycles. The average molecular weight is 517 g/mol. The number of sulfonamides is 1. The number of carbonyl (C=O) groups excluding carboxylic acids is 1. The van der Waals surface area contributed by atoms with E-state index in [1.165, 1.54) is 12.8 Å². The van der Waals surface area contributed by atoms with Gasteiger partial charge in [-0.15, -0.1) is 0 Å². The number of piperidine rings is 1. The smallest absolute Gasteiger partial charge is 0.272 e. The maximum absolute atomic E-state index is 13.3. The van der Waals surface area contributed by atoms with E-state index in [-0.39, 0.29) is 29.8 Å². The van der Waals surface area contributed by atoms with E-state index in [9.17, 15) is 13.2 Å². The van der Waals surface area contributed by atoms with E-state index in [2.05, 4.69) is 38.8 Å². The van der Waals surface area contributed by atoms with Gasteiger partial charge in [0.1, 0.15) is 0 Å². The number of fused-ring (bicyclic) bond motifs is 3. The fraction of sp³-hybridized carbons (Fsp3) is 0.692. The second-order valence-corrected chi connectivity index (χ2v) is 13.0. The van der Waals surface area contributed by atoms with Crippen LogP contribution in [0.5, 0.6) is 0 Å². The molecule has 3 aliphatic rings. The predicted molar refractivity (Wildman–Crippen MR) is 142 cm³/mol. The molecule has 4 heterocycles. The van der Waals surface area contributed by atoms with Crippen molar-refractivity contribution >= 4 is 26.8 Å². The summed E-state index contributed by atoms with van der Waals surface area (Å²) in [6.45, 7) is 9.55. The molecule has 0 radical (unpaired) electrons. The van der Waals surface area contributed by atoms with Gasteiger partial charge in [0.05, 0.1) is 11.3 Å². The summed E-state index contributed by atoms with van der Waals surface area (Å²) in [6, 6.07) is 9.35. The third-order valence-electron chi connectivity index (χ3n) is 8.21. The van der Waals surface area contributed by atoms with E-state index in [1.54, 1.807) is 6.92 Å². The molecule has 3 saturated heterocycles. The number of hydrogen-bond donors (Lipinski definition) is 2. The van der Waals surface area contributed by atoms with Crippen LogP contribution in [0.1, 0.15) is 69.4 Å². The highest BCUT2D eigenvalue weighted by atomic mass is 32.2. The molecule has 2 bridgehead atoms. The van der Waals surface area contributed by atoms with Crippen molar-refractivity contribution in [1.29, 1.82) is 0 Å². The van der Waals surface area contributed by atoms with Gasteiger partial charge in [-0.25, -0.2) is 13.1 Å². The van der Waals surface area contributed by atoms with E-state index >= 15 is 0 Å². The summed E-state index contributed by atoms with van der Waals surface area (Å²) in [6.07, 6.45) is 5.19. The lowest BCUT2D eigenvalue weighted by molar-refractivity contribution is 0.0817. The molecule has 36 heavy (non-hydrogen) atoms. The first kappa shape index (κ1) is 25.6. The van der Waals surface area contributed by atoms with Crippen LogP contribution in [-0.2, 0) is 10.0 Å². The molecule has 3 fully saturated rings. The third-order valence-corrected chi connectivity index (χ3v) is 9.66. The van der Waals surface area contributed by atoms with Crippen molar-refractivity contribution in [3.05, 3.63) is 30.0 Å². The number of para-hydroxylation sites is 1. The zero-order chi connectivity index (χ0) is 25.4. The highest BCUT2D eigenvalue weighted by Gasteiger charge is 2.41. The van der Waals surface area contributed by atoms with Crippen molar-refractivity contribution in [1.82, 2.24) is 29.6 Å². The largest absolute Gasteiger partial charge is 0.348 e. The van der Waals surface area contributed by atoms with Gasteiger partial charge >= 0.3 is 0 Å². The molecule has 0 spiro atoms. The number of hydrogen-bond acceptors (Lipinski definition) is 6. The van der Waals surface area contributed by atoms with Gasteiger partial charge in [0.25, 0.3) is 5.91 Å². The lowest BCUT2D eigenvalue weighted by Gasteiger charge is -2.39. The molecule has 10 heteroatoms. The topological polar surface area (TPSA) is 99.6 Å². The molecule has 4 atom stereocenters. The Balaban J connectivity index is 1.15. The Labute approximate surface area is 214 Å². The molecular formula is C26H40N6O3S. The highest BCUT2D eigenvalue weighted by Crippen LogP contribution is 2.36. The number of aromatic nitrogens is 2. The van der Waals surface area contributed by atoms with Crippen LogP contribution in [0.2, 0.25) is 0 Å². The molecule has 3 aliphatic heterocycles. The molecule has 1 aromatic carbocycles. The number of amides is 1. The van der Waals surface area contributed by atoms with Crippen molar-refractivity contribution in [2.75, 3.05) is 31.9 Å². The minimum atomic E-state index is -3.15. The fourth-order valence-corrected chi connectivity index (χ4v) is 7.25. The molecule has 5 rings (SSSR count). The van der Waals surface area contributed by atoms with Crippen LogP contribution in [0, 0.1) is 0 Å². The number of benzene rings is 1. The maximum atomic E-state index is 13.3. The number of rotatable bonds is 9. The number of likely N-dealkylation sites (tertiary alicyclic amines) is 1. The number of nitrogens with zero attached hydrogens (tertiary/aromatic N) is 4. The minimum Gasteiger partial charge on any atom is -0.348 e. The summed E-state index contributed by atoms with van der Waals surface area (Å²) in [5.41, 5.74) is 1.52. The van der Waals surface area contributed by atoms with Crippen molar-refractivity contribution < 1.29 is 13.2 Å². The Morgan fingerprint density at radius 2 is 1.81 bits per heavy atom. The molecule has 1 amide bonds. The monoisotopic (exact) mass is 516 g/mol. The van der Waals surface area contributed by atoms with Crippen LogP contribution in [-0.4, -0.2) is 90.0 Å². The van der Waals surface area contributed by atoms with E-state index in [0.717, 1.165) is 56.3 Å². The van der Waals surface area contributed by atoms with E-state index < -0.39 is 10.0 Å². The average Bonchev–Trinajstić information content (AvgIpc) is 3.51. The van der Waals surface area contributed by atoms with E-state index in [4.69, 9.17) is 0 Å². The molecule has 0 saturated carbocycles. The Kier molecular flexibility index (Phi) is 7.40.